The van der Waals surface area contributed by atoms with Crippen molar-refractivity contribution in [1.29, 1.82) is 5.26 Å². The van der Waals surface area contributed by atoms with Crippen molar-refractivity contribution >= 4 is 41.0 Å². The Morgan fingerprint density at radius 3 is 2.56 bits per heavy atom. The van der Waals surface area contributed by atoms with Crippen LogP contribution in [0.25, 0.3) is 45.1 Å². The number of anilines is 1. The zero-order valence-electron chi connectivity index (χ0n) is 27.8. The Hall–Kier alpha value is -6.50. The number of halogens is 2. The predicted molar refractivity (Wildman–Crippen MR) is 187 cm³/mol. The summed E-state index contributed by atoms with van der Waals surface area (Å²) in [5.41, 5.74) is 6.03. The summed E-state index contributed by atoms with van der Waals surface area (Å²) < 4.78 is 38.2. The van der Waals surface area contributed by atoms with Crippen LogP contribution in [-0.4, -0.2) is 61.3 Å². The molecule has 3 aromatic carbocycles. The molecule has 4 heterocycles. The molecule has 1 aliphatic heterocycles. The number of rotatable bonds is 8. The van der Waals surface area contributed by atoms with Crippen LogP contribution >= 0.6 is 0 Å². The van der Waals surface area contributed by atoms with E-state index in [2.05, 4.69) is 20.4 Å². The first kappa shape index (κ1) is 35.3. The quantitative estimate of drug-likeness (QED) is 0.0665. The maximum absolute atomic E-state index is 15.9. The first-order chi connectivity index (χ1) is 25.2. The van der Waals surface area contributed by atoms with Gasteiger partial charge in [-0.25, -0.2) is 24.2 Å². The number of benzene rings is 3. The normalized spacial score (nSPS) is 13.2. The number of carbonyl (C=O) groups excluding carboxylic acids is 1. The van der Waals surface area contributed by atoms with Gasteiger partial charge in [0.1, 0.15) is 23.4 Å². The molecule has 6 aromatic rings. The molecule has 0 unspecified atom stereocenters. The molecule has 1 aliphatic rings. The first-order valence-corrected chi connectivity index (χ1v) is 16.1. The highest BCUT2D eigenvalue weighted by Gasteiger charge is 2.27. The summed E-state index contributed by atoms with van der Waals surface area (Å²) in [4.78, 5) is 31.4. The number of piperidine rings is 1. The van der Waals surface area contributed by atoms with Crippen molar-refractivity contribution in [3.05, 3.63) is 107 Å². The van der Waals surface area contributed by atoms with Gasteiger partial charge in [-0.1, -0.05) is 35.5 Å². The Bertz CT molecular complexity index is 2320. The van der Waals surface area contributed by atoms with Crippen molar-refractivity contribution in [3.8, 4) is 28.5 Å². The van der Waals surface area contributed by atoms with Crippen LogP contribution in [0.4, 0.5) is 14.7 Å². The summed E-state index contributed by atoms with van der Waals surface area (Å²) in [7, 11) is 0. The number of carbonyl (C=O) groups is 2. The fraction of sp³-hybridized carbons (Fsp3) is 0.189. The summed E-state index contributed by atoms with van der Waals surface area (Å²) in [6.45, 7) is 3.50. The molecule has 15 heteroatoms. The van der Waals surface area contributed by atoms with Gasteiger partial charge in [0.2, 0.25) is 5.95 Å². The van der Waals surface area contributed by atoms with E-state index in [0.29, 0.717) is 64.7 Å². The molecule has 1 saturated heterocycles. The van der Waals surface area contributed by atoms with E-state index in [0.717, 1.165) is 24.0 Å². The summed E-state index contributed by atoms with van der Waals surface area (Å²) >= 11 is 0. The van der Waals surface area contributed by atoms with Crippen molar-refractivity contribution in [3.63, 3.8) is 0 Å². The van der Waals surface area contributed by atoms with Gasteiger partial charge in [0.25, 0.3) is 12.4 Å². The Labute approximate surface area is 295 Å². The molecule has 7 rings (SSSR count). The minimum absolute atomic E-state index is 0.105. The van der Waals surface area contributed by atoms with E-state index in [-0.39, 0.29) is 23.6 Å². The van der Waals surface area contributed by atoms with E-state index in [1.807, 2.05) is 34.7 Å². The molecule has 0 bridgehead atoms. The third-order valence-electron chi connectivity index (χ3n) is 8.79. The monoisotopic (exact) mass is 706 g/mol. The smallest absolute Gasteiger partial charge is 0.290 e. The lowest BCUT2D eigenvalue weighted by Crippen LogP contribution is -2.43. The van der Waals surface area contributed by atoms with Gasteiger partial charge in [0.05, 0.1) is 22.5 Å². The minimum Gasteiger partial charge on any atom is -0.483 e. The van der Waals surface area contributed by atoms with Crippen LogP contribution in [0.15, 0.2) is 77.6 Å². The lowest BCUT2D eigenvalue weighted by molar-refractivity contribution is -0.124. The number of aromatic nitrogens is 4. The number of imidazole rings is 1. The molecule has 0 spiro atoms. The van der Waals surface area contributed by atoms with Gasteiger partial charge in [0, 0.05) is 60.7 Å². The number of hydroxylamine groups is 1. The van der Waals surface area contributed by atoms with Crippen LogP contribution in [-0.2, 0) is 16.1 Å². The van der Waals surface area contributed by atoms with Gasteiger partial charge in [-0.3, -0.25) is 19.2 Å². The lowest BCUT2D eigenvalue weighted by Gasteiger charge is -2.34. The summed E-state index contributed by atoms with van der Waals surface area (Å²) in [5.74, 6) is -1.23. The first-order valence-electron chi connectivity index (χ1n) is 16.1. The third-order valence-corrected chi connectivity index (χ3v) is 8.79. The number of hydrogen-bond acceptors (Lipinski definition) is 10. The van der Waals surface area contributed by atoms with Crippen molar-refractivity contribution in [2.75, 3.05) is 18.0 Å². The van der Waals surface area contributed by atoms with Crippen LogP contribution in [0, 0.1) is 29.9 Å². The standard InChI is InChI=1S/C36H30F2N8O3.CH2O2/c1-21-27-17-30(38)28(18-31(27)49-44-21)33-34(24-7-8-25(19-39)29(37)16-24)42-36(46-15-12-40-35(33)46)45-13-10-26(11-14-45)41-20-23-4-2-22(3-5-23)6-9-32(47)43-48;2-1-3/h2-9,12,15-18,26,41,48H,10-11,13-14,20H2,1H3,(H,43,47);1H,(H,2,3)/b9-6+;. The molecular weight excluding hydrogens is 674 g/mol. The Morgan fingerprint density at radius 2 is 1.87 bits per heavy atom. The molecule has 1 amide bonds. The van der Waals surface area contributed by atoms with Gasteiger partial charge in [-0.15, -0.1) is 0 Å². The minimum atomic E-state index is -0.702. The van der Waals surface area contributed by atoms with Crippen LogP contribution < -0.4 is 15.7 Å². The van der Waals surface area contributed by atoms with E-state index in [1.54, 1.807) is 43.0 Å². The van der Waals surface area contributed by atoms with Crippen LogP contribution in [0.2, 0.25) is 0 Å². The molecule has 0 atom stereocenters. The molecule has 0 aliphatic carbocycles. The second-order valence-electron chi connectivity index (χ2n) is 12.0. The summed E-state index contributed by atoms with van der Waals surface area (Å²) in [6.07, 6.45) is 7.92. The number of nitrogens with one attached hydrogen (secondary N) is 2. The van der Waals surface area contributed by atoms with Crippen molar-refractivity contribution in [2.24, 2.45) is 0 Å². The van der Waals surface area contributed by atoms with Gasteiger partial charge < -0.3 is 19.8 Å². The third kappa shape index (κ3) is 7.33. The van der Waals surface area contributed by atoms with Gasteiger partial charge >= 0.3 is 0 Å². The molecular formula is C37H32F2N8O5. The maximum atomic E-state index is 15.9. The number of carboxylic acid groups (broad SMARTS) is 1. The SMILES string of the molecule is Cc1noc2cc(-c3c(-c4ccc(C#N)c(F)c4)nc(N4CCC(NCc5ccc(/C=C/C(=O)NO)cc5)CC4)n4ccnc34)c(F)cc12.O=CO. The van der Waals surface area contributed by atoms with Crippen molar-refractivity contribution < 1.29 is 33.2 Å². The maximum Gasteiger partial charge on any atom is 0.290 e. The van der Waals surface area contributed by atoms with Crippen LogP contribution in [0.5, 0.6) is 0 Å². The summed E-state index contributed by atoms with van der Waals surface area (Å²) in [5, 5.41) is 33.0. The van der Waals surface area contributed by atoms with Crippen molar-refractivity contribution in [2.45, 2.75) is 32.4 Å². The number of fused-ring (bicyclic) bond motifs is 2. The molecule has 0 saturated carbocycles. The molecule has 4 N–H and O–H groups in total. The van der Waals surface area contributed by atoms with Crippen LogP contribution in [0.3, 0.4) is 0 Å². The zero-order valence-corrected chi connectivity index (χ0v) is 27.8. The Balaban J connectivity index is 0.00000150. The average molecular weight is 707 g/mol. The highest BCUT2D eigenvalue weighted by atomic mass is 19.1. The Morgan fingerprint density at radius 1 is 1.12 bits per heavy atom. The zero-order chi connectivity index (χ0) is 36.8. The van der Waals surface area contributed by atoms with E-state index in [1.165, 1.54) is 24.3 Å². The van der Waals surface area contributed by atoms with E-state index in [9.17, 15) is 14.4 Å². The lowest BCUT2D eigenvalue weighted by atomic mass is 9.97. The highest BCUT2D eigenvalue weighted by Crippen LogP contribution is 2.40. The topological polar surface area (TPSA) is 182 Å². The van der Waals surface area contributed by atoms with Gasteiger partial charge in [0.15, 0.2) is 5.58 Å². The summed E-state index contributed by atoms with van der Waals surface area (Å²) in [6, 6.07) is 17.1. The second-order valence-corrected chi connectivity index (χ2v) is 12.0. The van der Waals surface area contributed by atoms with Gasteiger partial charge in [-0.2, -0.15) is 5.26 Å². The van der Waals surface area contributed by atoms with E-state index >= 15 is 4.39 Å². The number of hydrogen-bond donors (Lipinski definition) is 4. The molecule has 3 aromatic heterocycles. The largest absolute Gasteiger partial charge is 0.483 e. The number of aryl methyl sites for hydroxylation is 1. The fourth-order valence-electron chi connectivity index (χ4n) is 6.17. The predicted octanol–water partition coefficient (Wildman–Crippen LogP) is 5.64. The number of nitrogens with zero attached hydrogens (tertiary/aromatic N) is 6. The van der Waals surface area contributed by atoms with E-state index < -0.39 is 17.5 Å². The molecule has 52 heavy (non-hydrogen) atoms. The molecule has 13 nitrogen and oxygen atoms in total. The number of nitriles is 1. The van der Waals surface area contributed by atoms with Crippen molar-refractivity contribution in [1.82, 2.24) is 30.3 Å². The highest BCUT2D eigenvalue weighted by molar-refractivity contribution is 5.95. The molecule has 0 radical (unpaired) electrons. The Kier molecular flexibility index (Phi) is 10.6. The number of amides is 1. The van der Waals surface area contributed by atoms with Crippen LogP contribution in [0.1, 0.15) is 35.2 Å². The van der Waals surface area contributed by atoms with Gasteiger partial charge in [-0.05, 0) is 61.2 Å². The second kappa shape index (κ2) is 15.6. The average Bonchev–Trinajstić information content (AvgIpc) is 3.80. The fourth-order valence-corrected chi connectivity index (χ4v) is 6.17. The molecule has 264 valence electrons. The molecule has 1 fully saturated rings. The van der Waals surface area contributed by atoms with E-state index in [4.69, 9.17) is 24.6 Å².